The van der Waals surface area contributed by atoms with Crippen LogP contribution in [0.5, 0.6) is 0 Å². The molecule has 3 aromatic rings. The van der Waals surface area contributed by atoms with Crippen LogP contribution in [0.15, 0.2) is 36.5 Å². The molecule has 186 valence electrons. The molecule has 6 rings (SSSR count). The van der Waals surface area contributed by atoms with Gasteiger partial charge in [0.1, 0.15) is 11.5 Å². The maximum atomic E-state index is 13.0. The van der Waals surface area contributed by atoms with Crippen LogP contribution in [-0.2, 0) is 17.7 Å². The molecule has 2 aliphatic heterocycles. The Bertz CT molecular complexity index is 1320. The number of rotatable bonds is 6. The number of amides is 2. The number of carbonyl (C=O) groups excluding carboxylic acids is 2. The van der Waals surface area contributed by atoms with Gasteiger partial charge in [0.25, 0.3) is 0 Å². The number of urea groups is 1. The Morgan fingerprint density at radius 2 is 2.08 bits per heavy atom. The number of morpholine rings is 1. The van der Waals surface area contributed by atoms with Crippen LogP contribution in [0.2, 0.25) is 0 Å². The third-order valence-corrected chi connectivity index (χ3v) is 7.45. The van der Waals surface area contributed by atoms with Crippen molar-refractivity contribution in [3.8, 4) is 0 Å². The Labute approximate surface area is 209 Å². The molecule has 36 heavy (non-hydrogen) atoms. The van der Waals surface area contributed by atoms with E-state index in [9.17, 15) is 9.59 Å². The first-order valence-electron chi connectivity index (χ1n) is 12.4. The Kier molecular flexibility index (Phi) is 5.67. The lowest BCUT2D eigenvalue weighted by atomic mass is 9.93. The molecule has 10 heteroatoms. The van der Waals surface area contributed by atoms with Crippen LogP contribution < -0.4 is 10.6 Å². The summed E-state index contributed by atoms with van der Waals surface area (Å²) in [6.45, 7) is 4.99. The predicted molar refractivity (Wildman–Crippen MR) is 133 cm³/mol. The van der Waals surface area contributed by atoms with E-state index in [4.69, 9.17) is 10.5 Å². The minimum atomic E-state index is -0.0151. The monoisotopic (exact) mass is 487 g/mol. The fourth-order valence-electron chi connectivity index (χ4n) is 5.70. The third-order valence-electron chi connectivity index (χ3n) is 7.45. The number of hydrogen-bond donors (Lipinski definition) is 1. The zero-order chi connectivity index (χ0) is 24.8. The summed E-state index contributed by atoms with van der Waals surface area (Å²) in [6, 6.07) is 9.91. The van der Waals surface area contributed by atoms with Gasteiger partial charge < -0.3 is 15.4 Å². The quantitative estimate of drug-likeness (QED) is 0.531. The number of nitrogen functional groups attached to an aromatic ring is 1. The highest BCUT2D eigenvalue weighted by atomic mass is 16.5. The summed E-state index contributed by atoms with van der Waals surface area (Å²) >= 11 is 0. The number of nitrogens with zero attached hydrogens (tertiary/aromatic N) is 6. The number of carbonyl (C=O) groups is 2. The lowest BCUT2D eigenvalue weighted by Crippen LogP contribution is -2.43. The molecule has 2 unspecified atom stereocenters. The van der Waals surface area contributed by atoms with Crippen LogP contribution in [0.25, 0.3) is 0 Å². The number of aromatic nitrogens is 4. The fourth-order valence-corrected chi connectivity index (χ4v) is 5.70. The van der Waals surface area contributed by atoms with Crippen LogP contribution in [0.1, 0.15) is 51.6 Å². The number of hydrogen-bond acceptors (Lipinski definition) is 7. The van der Waals surface area contributed by atoms with Gasteiger partial charge in [-0.05, 0) is 60.6 Å². The molecule has 2 saturated heterocycles. The molecule has 1 aromatic carbocycles. The van der Waals surface area contributed by atoms with E-state index >= 15 is 0 Å². The van der Waals surface area contributed by atoms with Crippen molar-refractivity contribution in [3.05, 3.63) is 64.6 Å². The average Bonchev–Trinajstić information content (AvgIpc) is 3.58. The number of Topliss-reactive ketones (excluding diaryl/α,β-unsaturated/α-hetero) is 1. The van der Waals surface area contributed by atoms with E-state index in [0.717, 1.165) is 40.9 Å². The molecule has 3 aliphatic rings. The summed E-state index contributed by atoms with van der Waals surface area (Å²) in [7, 11) is 0. The van der Waals surface area contributed by atoms with Gasteiger partial charge in [0.05, 0.1) is 38.5 Å². The minimum Gasteiger partial charge on any atom is -0.384 e. The van der Waals surface area contributed by atoms with Gasteiger partial charge in [0, 0.05) is 24.3 Å². The van der Waals surface area contributed by atoms with Crippen molar-refractivity contribution in [2.45, 2.75) is 44.7 Å². The summed E-state index contributed by atoms with van der Waals surface area (Å²) in [5.74, 6) is 0.656. The van der Waals surface area contributed by atoms with Gasteiger partial charge in [-0.15, -0.1) is 5.10 Å². The number of anilines is 2. The van der Waals surface area contributed by atoms with Crippen LogP contribution in [0.3, 0.4) is 0 Å². The molecule has 0 radical (unpaired) electrons. The summed E-state index contributed by atoms with van der Waals surface area (Å²) in [4.78, 5) is 33.9. The molecule has 2 fully saturated rings. The molecule has 0 saturated carbocycles. The van der Waals surface area contributed by atoms with Gasteiger partial charge in [-0.1, -0.05) is 17.3 Å². The lowest BCUT2D eigenvalue weighted by Gasteiger charge is -2.27. The van der Waals surface area contributed by atoms with E-state index in [2.05, 4.69) is 15.3 Å². The Morgan fingerprint density at radius 1 is 1.25 bits per heavy atom. The predicted octanol–water partition coefficient (Wildman–Crippen LogP) is 2.56. The highest BCUT2D eigenvalue weighted by Gasteiger charge is 2.39. The van der Waals surface area contributed by atoms with Crippen LogP contribution in [0.4, 0.5) is 16.3 Å². The second-order valence-corrected chi connectivity index (χ2v) is 9.87. The molecular weight excluding hydrogens is 458 g/mol. The molecule has 4 heterocycles. The SMILES string of the molecule is Cc1cc(N)nc2c1C(CC(=O)c1cn(Cc3ccc(N4CC5COCCN5C4=O)cc3)nn1)CC2. The van der Waals surface area contributed by atoms with Crippen LogP contribution >= 0.6 is 0 Å². The van der Waals surface area contributed by atoms with Crippen molar-refractivity contribution >= 4 is 23.3 Å². The van der Waals surface area contributed by atoms with Crippen molar-refractivity contribution in [2.24, 2.45) is 0 Å². The third kappa shape index (κ3) is 4.11. The van der Waals surface area contributed by atoms with Gasteiger partial charge >= 0.3 is 6.03 Å². The molecule has 10 nitrogen and oxygen atoms in total. The van der Waals surface area contributed by atoms with Crippen molar-refractivity contribution in [1.82, 2.24) is 24.9 Å². The highest BCUT2D eigenvalue weighted by molar-refractivity contribution is 5.95. The molecular formula is C26H29N7O3. The van der Waals surface area contributed by atoms with Crippen molar-refractivity contribution in [1.29, 1.82) is 0 Å². The maximum Gasteiger partial charge on any atom is 0.325 e. The number of aryl methyl sites for hydroxylation is 2. The standard InChI is InChI=1S/C26H29N7O3/c1-16-10-24(27)28-21-7-4-18(25(16)21)11-23(34)22-14-31(30-29-22)12-17-2-5-19(6-3-17)33-13-20-15-36-9-8-32(20)26(33)35/h2-3,5-6,10,14,18,20H,4,7-9,11-13,15H2,1H3,(H2,27,28). The van der Waals surface area contributed by atoms with Gasteiger partial charge in [-0.3, -0.25) is 9.69 Å². The largest absolute Gasteiger partial charge is 0.384 e. The smallest absolute Gasteiger partial charge is 0.325 e. The number of fused-ring (bicyclic) bond motifs is 2. The molecule has 0 bridgehead atoms. The van der Waals surface area contributed by atoms with E-state index in [-0.39, 0.29) is 23.8 Å². The summed E-state index contributed by atoms with van der Waals surface area (Å²) in [5.41, 5.74) is 11.4. The molecule has 1 aliphatic carbocycles. The second kappa shape index (κ2) is 9.02. The second-order valence-electron chi connectivity index (χ2n) is 9.87. The van der Waals surface area contributed by atoms with Crippen LogP contribution in [0, 0.1) is 6.92 Å². The van der Waals surface area contributed by atoms with Gasteiger partial charge in [-0.2, -0.15) is 0 Å². The van der Waals surface area contributed by atoms with E-state index in [1.165, 1.54) is 0 Å². The van der Waals surface area contributed by atoms with E-state index < -0.39 is 0 Å². The van der Waals surface area contributed by atoms with Crippen LogP contribution in [-0.4, -0.2) is 69.0 Å². The number of benzene rings is 1. The number of ether oxygens (including phenoxy) is 1. The number of pyridine rings is 1. The number of nitrogens with two attached hydrogens (primary N) is 1. The van der Waals surface area contributed by atoms with E-state index in [0.29, 0.717) is 50.8 Å². The fraction of sp³-hybridized carbons (Fsp3) is 0.423. The first-order chi connectivity index (χ1) is 17.5. The molecule has 2 amide bonds. The topological polar surface area (TPSA) is 119 Å². The van der Waals surface area contributed by atoms with Crippen molar-refractivity contribution < 1.29 is 14.3 Å². The summed E-state index contributed by atoms with van der Waals surface area (Å²) in [5, 5.41) is 8.31. The zero-order valence-corrected chi connectivity index (χ0v) is 20.3. The Morgan fingerprint density at radius 3 is 2.89 bits per heavy atom. The molecule has 2 atom stereocenters. The molecule has 0 spiro atoms. The van der Waals surface area contributed by atoms with E-state index in [1.807, 2.05) is 47.1 Å². The average molecular weight is 488 g/mol. The zero-order valence-electron chi connectivity index (χ0n) is 20.3. The van der Waals surface area contributed by atoms with Crippen molar-refractivity contribution in [3.63, 3.8) is 0 Å². The van der Waals surface area contributed by atoms with Gasteiger partial charge in [-0.25, -0.2) is 14.5 Å². The highest BCUT2D eigenvalue weighted by Crippen LogP contribution is 2.38. The van der Waals surface area contributed by atoms with Gasteiger partial charge in [0.15, 0.2) is 5.78 Å². The maximum absolute atomic E-state index is 13.0. The molecule has 2 N–H and O–H groups in total. The Hall–Kier alpha value is -3.79. The number of ketones is 1. The lowest BCUT2D eigenvalue weighted by molar-refractivity contribution is 0.0300. The summed E-state index contributed by atoms with van der Waals surface area (Å²) < 4.78 is 7.19. The Balaban J connectivity index is 1.09. The summed E-state index contributed by atoms with van der Waals surface area (Å²) in [6.07, 6.45) is 3.84. The first-order valence-corrected chi connectivity index (χ1v) is 12.4. The first kappa shape index (κ1) is 22.7. The molecule has 2 aromatic heterocycles. The van der Waals surface area contributed by atoms with E-state index in [1.54, 1.807) is 10.9 Å². The van der Waals surface area contributed by atoms with Gasteiger partial charge in [0.2, 0.25) is 0 Å². The van der Waals surface area contributed by atoms with Crippen molar-refractivity contribution in [2.75, 3.05) is 36.9 Å². The normalized spacial score (nSPS) is 21.1. The minimum absolute atomic E-state index is 0.0151.